The standard InChI is InChI=1S/C20H23N3O2/c1-25-18-16(8-5-10-21-18)13-23-11-9-20(14-23)17(12-22-19(20)24)15-6-3-2-4-7-15/h2-8,10,17H,9,11-14H2,1H3,(H,22,24)/t17-,20-/m1/s1. The van der Waals surface area contributed by atoms with Gasteiger partial charge in [0.05, 0.1) is 12.5 Å². The average molecular weight is 337 g/mol. The molecule has 4 rings (SSSR count). The maximum atomic E-state index is 12.7. The predicted octanol–water partition coefficient (Wildman–Crippen LogP) is 2.20. The first-order valence-electron chi connectivity index (χ1n) is 8.76. The van der Waals surface area contributed by atoms with Gasteiger partial charge in [-0.15, -0.1) is 0 Å². The van der Waals surface area contributed by atoms with Gasteiger partial charge in [-0.2, -0.15) is 0 Å². The number of carbonyl (C=O) groups excluding carboxylic acids is 1. The number of ether oxygens (including phenoxy) is 1. The van der Waals surface area contributed by atoms with Gasteiger partial charge < -0.3 is 10.1 Å². The summed E-state index contributed by atoms with van der Waals surface area (Å²) < 4.78 is 5.37. The van der Waals surface area contributed by atoms with Crippen molar-refractivity contribution in [3.8, 4) is 5.88 Å². The summed E-state index contributed by atoms with van der Waals surface area (Å²) in [6, 6.07) is 14.4. The molecule has 1 spiro atoms. The van der Waals surface area contributed by atoms with Crippen LogP contribution in [0.4, 0.5) is 0 Å². The Kier molecular flexibility index (Phi) is 4.17. The molecule has 1 aromatic heterocycles. The summed E-state index contributed by atoms with van der Waals surface area (Å²) in [5.74, 6) is 1.10. The highest BCUT2D eigenvalue weighted by Gasteiger charge is 2.54. The lowest BCUT2D eigenvalue weighted by Gasteiger charge is -2.28. The van der Waals surface area contributed by atoms with Gasteiger partial charge in [-0.25, -0.2) is 4.98 Å². The van der Waals surface area contributed by atoms with Crippen molar-refractivity contribution < 1.29 is 9.53 Å². The number of aromatic nitrogens is 1. The molecule has 1 amide bonds. The molecule has 25 heavy (non-hydrogen) atoms. The maximum absolute atomic E-state index is 12.7. The molecule has 2 saturated heterocycles. The van der Waals surface area contributed by atoms with Crippen molar-refractivity contribution in [2.45, 2.75) is 18.9 Å². The fourth-order valence-electron chi connectivity index (χ4n) is 4.34. The van der Waals surface area contributed by atoms with Crippen LogP contribution in [0.5, 0.6) is 5.88 Å². The van der Waals surface area contributed by atoms with E-state index in [9.17, 15) is 4.79 Å². The van der Waals surface area contributed by atoms with Crippen molar-refractivity contribution in [2.24, 2.45) is 5.41 Å². The first-order valence-corrected chi connectivity index (χ1v) is 8.76. The van der Waals surface area contributed by atoms with E-state index in [0.29, 0.717) is 5.88 Å². The van der Waals surface area contributed by atoms with Crippen LogP contribution >= 0.6 is 0 Å². The Hall–Kier alpha value is -2.40. The van der Waals surface area contributed by atoms with Gasteiger partial charge in [0.1, 0.15) is 0 Å². The molecule has 0 aliphatic carbocycles. The molecular weight excluding hydrogens is 314 g/mol. The molecule has 130 valence electrons. The monoisotopic (exact) mass is 337 g/mol. The van der Waals surface area contributed by atoms with Gasteiger partial charge >= 0.3 is 0 Å². The number of likely N-dealkylation sites (tertiary alicyclic amines) is 1. The van der Waals surface area contributed by atoms with Crippen LogP contribution in [0.2, 0.25) is 0 Å². The highest BCUT2D eigenvalue weighted by Crippen LogP contribution is 2.47. The number of hydrogen-bond acceptors (Lipinski definition) is 4. The van der Waals surface area contributed by atoms with E-state index >= 15 is 0 Å². The first-order chi connectivity index (χ1) is 12.2. The molecular formula is C20H23N3O2. The second-order valence-corrected chi connectivity index (χ2v) is 6.96. The summed E-state index contributed by atoms with van der Waals surface area (Å²) in [4.78, 5) is 19.4. The van der Waals surface area contributed by atoms with Crippen molar-refractivity contribution in [2.75, 3.05) is 26.7 Å². The topological polar surface area (TPSA) is 54.5 Å². The lowest BCUT2D eigenvalue weighted by atomic mass is 9.73. The second-order valence-electron chi connectivity index (χ2n) is 6.96. The molecule has 0 radical (unpaired) electrons. The molecule has 0 unspecified atom stereocenters. The number of methoxy groups -OCH3 is 1. The number of nitrogens with zero attached hydrogens (tertiary/aromatic N) is 2. The molecule has 3 heterocycles. The number of rotatable bonds is 4. The normalized spacial score (nSPS) is 26.1. The van der Waals surface area contributed by atoms with E-state index in [1.807, 2.05) is 18.2 Å². The van der Waals surface area contributed by atoms with Crippen LogP contribution < -0.4 is 10.1 Å². The van der Waals surface area contributed by atoms with Crippen LogP contribution in [0.1, 0.15) is 23.5 Å². The fraction of sp³-hybridized carbons (Fsp3) is 0.400. The third kappa shape index (κ3) is 2.78. The number of benzene rings is 1. The van der Waals surface area contributed by atoms with Gasteiger partial charge in [-0.3, -0.25) is 9.69 Å². The minimum Gasteiger partial charge on any atom is -0.481 e. The van der Waals surface area contributed by atoms with Gasteiger partial charge in [0.25, 0.3) is 0 Å². The lowest BCUT2D eigenvalue weighted by Crippen LogP contribution is -2.37. The largest absolute Gasteiger partial charge is 0.481 e. The molecule has 5 heteroatoms. The average Bonchev–Trinajstić information content (AvgIpc) is 3.21. The fourth-order valence-corrected chi connectivity index (χ4v) is 4.34. The molecule has 2 aliphatic rings. The number of hydrogen-bond donors (Lipinski definition) is 1. The Morgan fingerprint density at radius 1 is 1.28 bits per heavy atom. The maximum Gasteiger partial charge on any atom is 0.228 e. The van der Waals surface area contributed by atoms with Crippen LogP contribution in [0.25, 0.3) is 0 Å². The van der Waals surface area contributed by atoms with E-state index in [4.69, 9.17) is 4.74 Å². The van der Waals surface area contributed by atoms with Gasteiger partial charge in [0.2, 0.25) is 11.8 Å². The van der Waals surface area contributed by atoms with Crippen LogP contribution in [-0.4, -0.2) is 42.5 Å². The minimum atomic E-state index is -0.323. The first kappa shape index (κ1) is 16.1. The van der Waals surface area contributed by atoms with Gasteiger partial charge in [0, 0.05) is 37.3 Å². The van der Waals surface area contributed by atoms with Crippen LogP contribution in [-0.2, 0) is 11.3 Å². The van der Waals surface area contributed by atoms with Crippen molar-refractivity contribution in [3.05, 3.63) is 59.8 Å². The highest BCUT2D eigenvalue weighted by molar-refractivity contribution is 5.87. The predicted molar refractivity (Wildman–Crippen MR) is 95.3 cm³/mol. The number of pyridine rings is 1. The van der Waals surface area contributed by atoms with Gasteiger partial charge in [-0.1, -0.05) is 36.4 Å². The third-order valence-electron chi connectivity index (χ3n) is 5.61. The van der Waals surface area contributed by atoms with Crippen LogP contribution in [0.3, 0.4) is 0 Å². The highest BCUT2D eigenvalue weighted by atomic mass is 16.5. The summed E-state index contributed by atoms with van der Waals surface area (Å²) in [7, 11) is 1.65. The van der Waals surface area contributed by atoms with Crippen molar-refractivity contribution >= 4 is 5.91 Å². The molecule has 2 aliphatic heterocycles. The summed E-state index contributed by atoms with van der Waals surface area (Å²) >= 11 is 0. The molecule has 1 N–H and O–H groups in total. The Bertz CT molecular complexity index is 765. The smallest absolute Gasteiger partial charge is 0.228 e. The van der Waals surface area contributed by atoms with Crippen molar-refractivity contribution in [1.29, 1.82) is 0 Å². The van der Waals surface area contributed by atoms with E-state index in [-0.39, 0.29) is 17.2 Å². The summed E-state index contributed by atoms with van der Waals surface area (Å²) in [6.07, 6.45) is 2.63. The Morgan fingerprint density at radius 2 is 2.12 bits per heavy atom. The van der Waals surface area contributed by atoms with E-state index in [0.717, 1.165) is 38.2 Å². The van der Waals surface area contributed by atoms with E-state index in [1.54, 1.807) is 13.3 Å². The van der Waals surface area contributed by atoms with Gasteiger partial charge in [-0.05, 0) is 24.6 Å². The Labute approximate surface area is 148 Å². The quantitative estimate of drug-likeness (QED) is 0.929. The molecule has 2 fully saturated rings. The molecule has 2 atom stereocenters. The van der Waals surface area contributed by atoms with E-state index < -0.39 is 0 Å². The van der Waals surface area contributed by atoms with Crippen LogP contribution in [0.15, 0.2) is 48.7 Å². The number of amides is 1. The van der Waals surface area contributed by atoms with Crippen LogP contribution in [0, 0.1) is 5.41 Å². The Morgan fingerprint density at radius 3 is 2.92 bits per heavy atom. The Balaban J connectivity index is 1.56. The molecule has 5 nitrogen and oxygen atoms in total. The van der Waals surface area contributed by atoms with Gasteiger partial charge in [0.15, 0.2) is 0 Å². The van der Waals surface area contributed by atoms with E-state index in [2.05, 4.69) is 39.5 Å². The minimum absolute atomic E-state index is 0.196. The molecule has 2 aromatic rings. The second kappa shape index (κ2) is 6.48. The number of carbonyl (C=O) groups is 1. The SMILES string of the molecule is COc1ncccc1CN1CC[C@]2(C1)C(=O)NC[C@@H]2c1ccccc1. The zero-order valence-corrected chi connectivity index (χ0v) is 14.4. The molecule has 1 aromatic carbocycles. The summed E-state index contributed by atoms with van der Waals surface area (Å²) in [5, 5.41) is 3.11. The van der Waals surface area contributed by atoms with Crippen molar-refractivity contribution in [3.63, 3.8) is 0 Å². The van der Waals surface area contributed by atoms with Crippen molar-refractivity contribution in [1.82, 2.24) is 15.2 Å². The zero-order valence-electron chi connectivity index (χ0n) is 14.4. The summed E-state index contributed by atoms with van der Waals surface area (Å²) in [5.41, 5.74) is 2.00. The zero-order chi connectivity index (χ0) is 17.3. The molecule has 0 bridgehead atoms. The third-order valence-corrected chi connectivity index (χ3v) is 5.61. The lowest BCUT2D eigenvalue weighted by molar-refractivity contribution is -0.127. The number of nitrogens with one attached hydrogen (secondary N) is 1. The molecule has 0 saturated carbocycles. The summed E-state index contributed by atoms with van der Waals surface area (Å²) in [6.45, 7) is 3.17. The van der Waals surface area contributed by atoms with E-state index in [1.165, 1.54) is 5.56 Å².